The molecule has 1 atom stereocenters. The summed E-state index contributed by atoms with van der Waals surface area (Å²) in [6.45, 7) is 12.3. The van der Waals surface area contributed by atoms with Gasteiger partial charge >= 0.3 is 5.69 Å². The van der Waals surface area contributed by atoms with Crippen LogP contribution in [0.1, 0.15) is 31.9 Å². The Hall–Kier alpha value is -2.83. The van der Waals surface area contributed by atoms with Crippen LogP contribution < -0.4 is 16.1 Å². The highest BCUT2D eigenvalue weighted by molar-refractivity contribution is 5.77. The molecule has 1 aromatic carbocycles. The normalized spacial score (nSPS) is 16.7. The van der Waals surface area contributed by atoms with Crippen LogP contribution in [0.15, 0.2) is 27.8 Å². The molecule has 154 valence electrons. The van der Waals surface area contributed by atoms with E-state index in [1.54, 1.807) is 7.05 Å². The Labute approximate surface area is 170 Å². The molecule has 0 saturated heterocycles. The average Bonchev–Trinajstić information content (AvgIpc) is 3.04. The van der Waals surface area contributed by atoms with E-state index in [1.165, 1.54) is 20.3 Å². The van der Waals surface area contributed by atoms with E-state index in [0.717, 1.165) is 18.2 Å². The molecule has 1 aliphatic rings. The Kier molecular flexibility index (Phi) is 4.63. The summed E-state index contributed by atoms with van der Waals surface area (Å²) in [7, 11) is 1.70. The summed E-state index contributed by atoms with van der Waals surface area (Å²) in [5.74, 6) is 1.28. The first-order chi connectivity index (χ1) is 13.7. The van der Waals surface area contributed by atoms with Crippen molar-refractivity contribution in [2.24, 2.45) is 18.9 Å². The zero-order valence-electron chi connectivity index (χ0n) is 18.1. The summed E-state index contributed by atoms with van der Waals surface area (Å²) in [4.78, 5) is 33.0. The molecule has 0 radical (unpaired) electrons. The topological polar surface area (TPSA) is 65.1 Å². The van der Waals surface area contributed by atoms with Crippen LogP contribution >= 0.6 is 0 Å². The summed E-state index contributed by atoms with van der Waals surface area (Å²) < 4.78 is 4.85. The molecule has 0 saturated carbocycles. The minimum Gasteiger partial charge on any atom is -0.312 e. The monoisotopic (exact) mass is 395 g/mol. The Morgan fingerprint density at radius 3 is 2.52 bits per heavy atom. The van der Waals surface area contributed by atoms with Gasteiger partial charge in [0, 0.05) is 32.4 Å². The van der Waals surface area contributed by atoms with Crippen molar-refractivity contribution in [2.45, 2.75) is 47.7 Å². The summed E-state index contributed by atoms with van der Waals surface area (Å²) >= 11 is 0. The maximum absolute atomic E-state index is 13.3. The highest BCUT2D eigenvalue weighted by atomic mass is 16.2. The van der Waals surface area contributed by atoms with E-state index in [4.69, 9.17) is 4.98 Å². The van der Waals surface area contributed by atoms with Crippen molar-refractivity contribution < 1.29 is 0 Å². The fourth-order valence-electron chi connectivity index (χ4n) is 4.14. The number of hydrogen-bond donors (Lipinski definition) is 0. The lowest BCUT2D eigenvalue weighted by Gasteiger charge is -2.33. The molecule has 7 nitrogen and oxygen atoms in total. The fourth-order valence-corrected chi connectivity index (χ4v) is 4.14. The van der Waals surface area contributed by atoms with E-state index in [2.05, 4.69) is 43.9 Å². The van der Waals surface area contributed by atoms with E-state index in [9.17, 15) is 9.59 Å². The SMILES string of the molecule is Cc1ccc(N2C[C@H](C)Cn3c2nc2c3c(=O)n(CC(C)C)c(=O)n2C)cc1C. The van der Waals surface area contributed by atoms with E-state index >= 15 is 0 Å². The van der Waals surface area contributed by atoms with Crippen molar-refractivity contribution in [3.63, 3.8) is 0 Å². The molecule has 0 fully saturated rings. The van der Waals surface area contributed by atoms with Crippen LogP contribution in [0.4, 0.5) is 11.6 Å². The second-order valence-electron chi connectivity index (χ2n) is 8.83. The number of aryl methyl sites for hydroxylation is 3. The molecule has 3 heterocycles. The van der Waals surface area contributed by atoms with Crippen LogP contribution in [0, 0.1) is 25.7 Å². The zero-order chi connectivity index (χ0) is 21.0. The van der Waals surface area contributed by atoms with Gasteiger partial charge in [-0.25, -0.2) is 4.79 Å². The summed E-state index contributed by atoms with van der Waals surface area (Å²) in [6, 6.07) is 6.37. The minimum absolute atomic E-state index is 0.201. The first-order valence-electron chi connectivity index (χ1n) is 10.2. The van der Waals surface area contributed by atoms with Crippen LogP contribution in [0.2, 0.25) is 0 Å². The van der Waals surface area contributed by atoms with Crippen LogP contribution in [0.3, 0.4) is 0 Å². The van der Waals surface area contributed by atoms with E-state index in [0.29, 0.717) is 30.2 Å². The Morgan fingerprint density at radius 1 is 1.14 bits per heavy atom. The largest absolute Gasteiger partial charge is 0.332 e. The number of nitrogens with zero attached hydrogens (tertiary/aromatic N) is 5. The number of fused-ring (bicyclic) bond motifs is 3. The quantitative estimate of drug-likeness (QED) is 0.684. The molecule has 0 bridgehead atoms. The van der Waals surface area contributed by atoms with Crippen molar-refractivity contribution in [3.05, 3.63) is 50.2 Å². The van der Waals surface area contributed by atoms with Crippen LogP contribution in [0.25, 0.3) is 11.2 Å². The van der Waals surface area contributed by atoms with Gasteiger partial charge in [0.1, 0.15) is 0 Å². The lowest BCUT2D eigenvalue weighted by Crippen LogP contribution is -2.41. The molecule has 29 heavy (non-hydrogen) atoms. The van der Waals surface area contributed by atoms with E-state index in [-0.39, 0.29) is 17.2 Å². The predicted octanol–water partition coefficient (Wildman–Crippen LogP) is 2.96. The highest BCUT2D eigenvalue weighted by Crippen LogP contribution is 2.33. The van der Waals surface area contributed by atoms with Gasteiger partial charge in [0.15, 0.2) is 11.2 Å². The maximum Gasteiger partial charge on any atom is 0.332 e. The first-order valence-corrected chi connectivity index (χ1v) is 10.2. The van der Waals surface area contributed by atoms with Gasteiger partial charge in [-0.2, -0.15) is 4.98 Å². The lowest BCUT2D eigenvalue weighted by atomic mass is 10.1. The number of aromatic nitrogens is 4. The van der Waals surface area contributed by atoms with Crippen LogP contribution in [0.5, 0.6) is 0 Å². The molecule has 0 amide bonds. The minimum atomic E-state index is -0.308. The van der Waals surface area contributed by atoms with Gasteiger partial charge in [0.05, 0.1) is 0 Å². The maximum atomic E-state index is 13.3. The van der Waals surface area contributed by atoms with Crippen molar-refractivity contribution in [1.29, 1.82) is 0 Å². The molecule has 1 aliphatic heterocycles. The smallest absolute Gasteiger partial charge is 0.312 e. The molecule has 0 spiro atoms. The third-order valence-corrected chi connectivity index (χ3v) is 5.79. The standard InChI is InChI=1S/C22H29N5O2/c1-13(2)10-27-20(28)18-19(24(6)22(27)29)23-21-25(11-14(3)12-26(18)21)17-8-7-15(4)16(5)9-17/h7-9,13-14H,10-12H2,1-6H3/t14-/m0/s1. The van der Waals surface area contributed by atoms with Crippen molar-refractivity contribution in [1.82, 2.24) is 18.7 Å². The Balaban J connectivity index is 1.99. The number of benzene rings is 1. The molecular weight excluding hydrogens is 366 g/mol. The lowest BCUT2D eigenvalue weighted by molar-refractivity contribution is 0.454. The zero-order valence-corrected chi connectivity index (χ0v) is 18.1. The van der Waals surface area contributed by atoms with Gasteiger partial charge < -0.3 is 9.47 Å². The fraction of sp³-hybridized carbons (Fsp3) is 0.500. The Morgan fingerprint density at radius 2 is 1.86 bits per heavy atom. The second-order valence-corrected chi connectivity index (χ2v) is 8.83. The molecule has 0 N–H and O–H groups in total. The highest BCUT2D eigenvalue weighted by Gasteiger charge is 2.30. The molecule has 7 heteroatoms. The molecular formula is C22H29N5O2. The van der Waals surface area contributed by atoms with Gasteiger partial charge in [0.25, 0.3) is 5.56 Å². The van der Waals surface area contributed by atoms with Gasteiger partial charge in [-0.05, 0) is 48.9 Å². The van der Waals surface area contributed by atoms with Gasteiger partial charge in [-0.15, -0.1) is 0 Å². The number of anilines is 2. The Bertz CT molecular complexity index is 1210. The van der Waals surface area contributed by atoms with E-state index in [1.807, 2.05) is 18.4 Å². The number of rotatable bonds is 3. The van der Waals surface area contributed by atoms with E-state index < -0.39 is 0 Å². The number of imidazole rings is 1. The van der Waals surface area contributed by atoms with Crippen molar-refractivity contribution >= 4 is 22.8 Å². The van der Waals surface area contributed by atoms with Crippen LogP contribution in [-0.2, 0) is 20.1 Å². The summed E-state index contributed by atoms with van der Waals surface area (Å²) in [6.07, 6.45) is 0. The summed E-state index contributed by atoms with van der Waals surface area (Å²) in [5, 5.41) is 0. The van der Waals surface area contributed by atoms with Gasteiger partial charge in [0.2, 0.25) is 5.95 Å². The third-order valence-electron chi connectivity index (χ3n) is 5.79. The van der Waals surface area contributed by atoms with Crippen molar-refractivity contribution in [2.75, 3.05) is 11.4 Å². The average molecular weight is 396 g/mol. The predicted molar refractivity (Wildman–Crippen MR) is 116 cm³/mol. The molecule has 4 rings (SSSR count). The molecule has 0 unspecified atom stereocenters. The first kappa shape index (κ1) is 19.5. The van der Waals surface area contributed by atoms with Gasteiger partial charge in [-0.3, -0.25) is 13.9 Å². The second kappa shape index (κ2) is 6.90. The molecule has 3 aromatic rings. The van der Waals surface area contributed by atoms with Crippen molar-refractivity contribution in [3.8, 4) is 0 Å². The summed E-state index contributed by atoms with van der Waals surface area (Å²) in [5.41, 5.74) is 3.94. The third kappa shape index (κ3) is 3.09. The number of hydrogen-bond acceptors (Lipinski definition) is 4. The molecule has 2 aromatic heterocycles. The van der Waals surface area contributed by atoms with Gasteiger partial charge in [-0.1, -0.05) is 26.8 Å². The van der Waals surface area contributed by atoms with Crippen LogP contribution in [-0.4, -0.2) is 25.2 Å². The molecule has 0 aliphatic carbocycles.